The highest BCUT2D eigenvalue weighted by molar-refractivity contribution is 14.1. The molecule has 2 rings (SSSR count). The lowest BCUT2D eigenvalue weighted by molar-refractivity contribution is 0.562. The fourth-order valence-corrected chi connectivity index (χ4v) is 1.71. The van der Waals surface area contributed by atoms with E-state index in [0.717, 1.165) is 3.57 Å². The minimum absolute atomic E-state index is 0.243. The van der Waals surface area contributed by atoms with Crippen LogP contribution in [-0.4, -0.2) is 14.8 Å². The third-order valence-corrected chi connectivity index (χ3v) is 2.69. The second kappa shape index (κ2) is 4.08. The Balaban J connectivity index is 2.29. The zero-order valence-corrected chi connectivity index (χ0v) is 9.92. The molecule has 14 heavy (non-hydrogen) atoms. The first kappa shape index (κ1) is 9.64. The summed E-state index contributed by atoms with van der Waals surface area (Å²) in [7, 11) is 0. The average Bonchev–Trinajstić information content (AvgIpc) is 2.65. The number of hydrogen-bond acceptors (Lipinski definition) is 2. The van der Waals surface area contributed by atoms with E-state index in [-0.39, 0.29) is 6.04 Å². The van der Waals surface area contributed by atoms with Gasteiger partial charge in [0.15, 0.2) is 0 Å². The summed E-state index contributed by atoms with van der Waals surface area (Å²) in [5, 5.41) is 4.27. The van der Waals surface area contributed by atoms with Crippen LogP contribution >= 0.6 is 22.6 Å². The molecule has 4 heteroatoms. The molecule has 2 aromatic heterocycles. The molecular weight excluding hydrogens is 289 g/mol. The van der Waals surface area contributed by atoms with E-state index in [4.69, 9.17) is 0 Å². The van der Waals surface area contributed by atoms with Crippen molar-refractivity contribution < 1.29 is 0 Å². The topological polar surface area (TPSA) is 30.7 Å². The van der Waals surface area contributed by atoms with Gasteiger partial charge in [-0.3, -0.25) is 9.67 Å². The fraction of sp³-hybridized carbons (Fsp3) is 0.200. The number of hydrogen-bond donors (Lipinski definition) is 0. The monoisotopic (exact) mass is 299 g/mol. The lowest BCUT2D eigenvalue weighted by atomic mass is 10.1. The predicted octanol–water partition coefficient (Wildman–Crippen LogP) is 2.49. The van der Waals surface area contributed by atoms with E-state index in [2.05, 4.69) is 45.7 Å². The van der Waals surface area contributed by atoms with E-state index in [9.17, 15) is 0 Å². The van der Waals surface area contributed by atoms with Crippen molar-refractivity contribution in [3.05, 3.63) is 46.1 Å². The van der Waals surface area contributed by atoms with Crippen LogP contribution in [-0.2, 0) is 0 Å². The van der Waals surface area contributed by atoms with Crippen molar-refractivity contribution in [3.8, 4) is 0 Å². The van der Waals surface area contributed by atoms with Crippen molar-refractivity contribution in [1.29, 1.82) is 0 Å². The Morgan fingerprint density at radius 1 is 1.43 bits per heavy atom. The maximum Gasteiger partial charge on any atom is 0.0755 e. The first-order valence-electron chi connectivity index (χ1n) is 4.37. The third kappa shape index (κ3) is 1.95. The van der Waals surface area contributed by atoms with Gasteiger partial charge >= 0.3 is 0 Å². The molecule has 1 atom stereocenters. The average molecular weight is 299 g/mol. The zero-order valence-electron chi connectivity index (χ0n) is 7.76. The van der Waals surface area contributed by atoms with Gasteiger partial charge in [0.25, 0.3) is 0 Å². The molecule has 0 saturated heterocycles. The summed E-state index contributed by atoms with van der Waals surface area (Å²) in [6.45, 7) is 2.11. The number of rotatable bonds is 2. The molecule has 0 aliphatic carbocycles. The van der Waals surface area contributed by atoms with Gasteiger partial charge in [0.2, 0.25) is 0 Å². The first-order valence-corrected chi connectivity index (χ1v) is 5.45. The lowest BCUT2D eigenvalue weighted by Gasteiger charge is -2.11. The smallest absolute Gasteiger partial charge is 0.0755 e. The van der Waals surface area contributed by atoms with Gasteiger partial charge in [0.05, 0.1) is 15.8 Å². The minimum atomic E-state index is 0.243. The number of pyridine rings is 1. The van der Waals surface area contributed by atoms with Gasteiger partial charge in [-0.2, -0.15) is 5.10 Å². The van der Waals surface area contributed by atoms with Crippen molar-refractivity contribution >= 4 is 22.6 Å². The van der Waals surface area contributed by atoms with E-state index < -0.39 is 0 Å². The van der Waals surface area contributed by atoms with Crippen LogP contribution in [0.3, 0.4) is 0 Å². The summed E-state index contributed by atoms with van der Waals surface area (Å²) < 4.78 is 3.09. The van der Waals surface area contributed by atoms with E-state index in [1.807, 2.05) is 29.3 Å². The molecule has 0 aromatic carbocycles. The Kier molecular flexibility index (Phi) is 2.81. The standard InChI is InChI=1S/C10H10IN3/c1-8(9-3-2-4-12-5-9)14-7-10(11)6-13-14/h2-8H,1H3. The van der Waals surface area contributed by atoms with Gasteiger partial charge in [0.1, 0.15) is 0 Å². The van der Waals surface area contributed by atoms with Gasteiger partial charge in [-0.15, -0.1) is 0 Å². The largest absolute Gasteiger partial charge is 0.264 e. The highest BCUT2D eigenvalue weighted by Gasteiger charge is 2.07. The minimum Gasteiger partial charge on any atom is -0.264 e. The highest BCUT2D eigenvalue weighted by atomic mass is 127. The van der Waals surface area contributed by atoms with Gasteiger partial charge < -0.3 is 0 Å². The maximum atomic E-state index is 4.27. The molecule has 0 aliphatic heterocycles. The van der Waals surface area contributed by atoms with Crippen LogP contribution in [0.2, 0.25) is 0 Å². The first-order chi connectivity index (χ1) is 6.77. The number of nitrogens with zero attached hydrogens (tertiary/aromatic N) is 3. The molecule has 0 aliphatic rings. The number of aromatic nitrogens is 3. The summed E-state index contributed by atoms with van der Waals surface area (Å²) >= 11 is 2.25. The van der Waals surface area contributed by atoms with Gasteiger partial charge in [-0.05, 0) is 41.1 Å². The van der Waals surface area contributed by atoms with Gasteiger partial charge in [0, 0.05) is 18.6 Å². The molecule has 0 spiro atoms. The van der Waals surface area contributed by atoms with Crippen LogP contribution in [0.1, 0.15) is 18.5 Å². The Labute approximate surface area is 96.3 Å². The molecule has 0 amide bonds. The maximum absolute atomic E-state index is 4.27. The molecule has 0 bridgehead atoms. The second-order valence-corrected chi connectivity index (χ2v) is 4.35. The summed E-state index contributed by atoms with van der Waals surface area (Å²) in [4.78, 5) is 4.10. The second-order valence-electron chi connectivity index (χ2n) is 3.10. The van der Waals surface area contributed by atoms with Gasteiger partial charge in [-0.1, -0.05) is 6.07 Å². The van der Waals surface area contributed by atoms with Crippen molar-refractivity contribution in [1.82, 2.24) is 14.8 Å². The normalized spacial score (nSPS) is 12.7. The highest BCUT2D eigenvalue weighted by Crippen LogP contribution is 2.16. The Morgan fingerprint density at radius 3 is 2.86 bits per heavy atom. The van der Waals surface area contributed by atoms with Crippen molar-refractivity contribution in [3.63, 3.8) is 0 Å². The van der Waals surface area contributed by atoms with Gasteiger partial charge in [-0.25, -0.2) is 0 Å². The van der Waals surface area contributed by atoms with Crippen LogP contribution in [0.5, 0.6) is 0 Å². The van der Waals surface area contributed by atoms with E-state index >= 15 is 0 Å². The molecule has 1 unspecified atom stereocenters. The molecule has 3 nitrogen and oxygen atoms in total. The van der Waals surface area contributed by atoms with Crippen molar-refractivity contribution in [2.75, 3.05) is 0 Å². The molecule has 72 valence electrons. The molecule has 0 fully saturated rings. The van der Waals surface area contributed by atoms with Crippen LogP contribution < -0.4 is 0 Å². The predicted molar refractivity (Wildman–Crippen MR) is 63.0 cm³/mol. The Morgan fingerprint density at radius 2 is 2.29 bits per heavy atom. The Bertz CT molecular complexity index is 410. The van der Waals surface area contributed by atoms with Crippen LogP contribution in [0, 0.1) is 3.57 Å². The summed E-state index contributed by atoms with van der Waals surface area (Å²) in [5.74, 6) is 0. The third-order valence-electron chi connectivity index (χ3n) is 2.13. The Hall–Kier alpha value is -0.910. The van der Waals surface area contributed by atoms with Crippen LogP contribution in [0.15, 0.2) is 36.9 Å². The fourth-order valence-electron chi connectivity index (χ4n) is 1.30. The van der Waals surface area contributed by atoms with E-state index in [0.29, 0.717) is 0 Å². The molecule has 0 N–H and O–H groups in total. The molecular formula is C10H10IN3. The molecule has 0 radical (unpaired) electrons. The van der Waals surface area contributed by atoms with E-state index in [1.165, 1.54) is 5.56 Å². The number of halogens is 1. The molecule has 0 saturated carbocycles. The molecule has 2 aromatic rings. The summed E-state index contributed by atoms with van der Waals surface area (Å²) in [6, 6.07) is 4.25. The van der Waals surface area contributed by atoms with E-state index in [1.54, 1.807) is 6.20 Å². The van der Waals surface area contributed by atoms with Crippen LogP contribution in [0.25, 0.3) is 0 Å². The SMILES string of the molecule is CC(c1cccnc1)n1cc(I)cn1. The summed E-state index contributed by atoms with van der Waals surface area (Å²) in [5.41, 5.74) is 1.17. The van der Waals surface area contributed by atoms with Crippen molar-refractivity contribution in [2.24, 2.45) is 0 Å². The lowest BCUT2D eigenvalue weighted by Crippen LogP contribution is -2.07. The quantitative estimate of drug-likeness (QED) is 0.798. The van der Waals surface area contributed by atoms with Crippen molar-refractivity contribution in [2.45, 2.75) is 13.0 Å². The van der Waals surface area contributed by atoms with Crippen LogP contribution in [0.4, 0.5) is 0 Å². The zero-order chi connectivity index (χ0) is 9.97. The molecule has 2 heterocycles. The summed E-state index contributed by atoms with van der Waals surface area (Å²) in [6.07, 6.45) is 7.54.